The van der Waals surface area contributed by atoms with Crippen LogP contribution in [-0.2, 0) is 19.4 Å². The quantitative estimate of drug-likeness (QED) is 0.708. The number of esters is 1. The lowest BCUT2D eigenvalue weighted by atomic mass is 9.78. The monoisotopic (exact) mass is 413 g/mol. The highest BCUT2D eigenvalue weighted by molar-refractivity contribution is 7.90. The molecule has 1 saturated heterocycles. The summed E-state index contributed by atoms with van der Waals surface area (Å²) in [6, 6.07) is 4.10. The molecule has 1 aromatic carbocycles. The van der Waals surface area contributed by atoms with Gasteiger partial charge in [-0.2, -0.15) is 0 Å². The van der Waals surface area contributed by atoms with E-state index in [1.807, 2.05) is 4.90 Å². The number of likely N-dealkylation sites (tertiary alicyclic amines) is 1. The molecular formula is C19H24ClNO5S. The molecule has 0 aromatic heterocycles. The number of hydrogen-bond acceptors (Lipinski definition) is 5. The van der Waals surface area contributed by atoms with E-state index in [9.17, 15) is 18.0 Å². The van der Waals surface area contributed by atoms with Crippen LogP contribution in [0.4, 0.5) is 0 Å². The third-order valence-corrected chi connectivity index (χ3v) is 6.92. The molecule has 3 rings (SSSR count). The van der Waals surface area contributed by atoms with Gasteiger partial charge in [0.25, 0.3) is 5.91 Å². The number of piperidine rings is 1. The molecule has 0 spiro atoms. The first kappa shape index (κ1) is 20.1. The Kier molecular flexibility index (Phi) is 6.11. The van der Waals surface area contributed by atoms with Crippen molar-refractivity contribution in [1.29, 1.82) is 0 Å². The maximum atomic E-state index is 12.6. The maximum absolute atomic E-state index is 12.6. The number of halogens is 1. The van der Waals surface area contributed by atoms with Crippen LogP contribution in [0.25, 0.3) is 0 Å². The zero-order chi connectivity index (χ0) is 19.6. The summed E-state index contributed by atoms with van der Waals surface area (Å²) in [4.78, 5) is 26.8. The minimum Gasteiger partial charge on any atom is -0.452 e. The highest BCUT2D eigenvalue weighted by Crippen LogP contribution is 2.35. The van der Waals surface area contributed by atoms with Crippen LogP contribution in [0.3, 0.4) is 0 Å². The highest BCUT2D eigenvalue weighted by atomic mass is 35.5. The van der Waals surface area contributed by atoms with E-state index in [0.29, 0.717) is 12.5 Å². The van der Waals surface area contributed by atoms with Gasteiger partial charge in [0.15, 0.2) is 16.4 Å². The van der Waals surface area contributed by atoms with Crippen molar-refractivity contribution < 1.29 is 22.7 Å². The Morgan fingerprint density at radius 3 is 2.63 bits per heavy atom. The summed E-state index contributed by atoms with van der Waals surface area (Å²) >= 11 is 6.01. The number of nitrogens with zero attached hydrogens (tertiary/aromatic N) is 1. The zero-order valence-corrected chi connectivity index (χ0v) is 16.9. The third-order valence-electron chi connectivity index (χ3n) is 5.48. The maximum Gasteiger partial charge on any atom is 0.340 e. The number of rotatable bonds is 4. The number of carbonyl (C=O) groups is 2. The van der Waals surface area contributed by atoms with Gasteiger partial charge >= 0.3 is 5.97 Å². The minimum absolute atomic E-state index is 0.0220. The Hall–Kier alpha value is -1.60. The highest BCUT2D eigenvalue weighted by Gasteiger charge is 2.35. The molecule has 0 radical (unpaired) electrons. The first-order chi connectivity index (χ1) is 12.8. The summed E-state index contributed by atoms with van der Waals surface area (Å²) in [7, 11) is -3.48. The first-order valence-electron chi connectivity index (χ1n) is 9.23. The van der Waals surface area contributed by atoms with Crippen LogP contribution in [0.1, 0.15) is 48.9 Å². The van der Waals surface area contributed by atoms with Gasteiger partial charge in [-0.05, 0) is 49.8 Å². The van der Waals surface area contributed by atoms with E-state index in [2.05, 4.69) is 0 Å². The van der Waals surface area contributed by atoms with Crippen molar-refractivity contribution in [3.05, 3.63) is 28.8 Å². The SMILES string of the molecule is CS(=O)(=O)c1ccc(Cl)c(C(=O)OCC(=O)N2CCC[C@@H]3CCCC[C@H]32)c1. The molecule has 2 aliphatic rings. The fourth-order valence-electron chi connectivity index (χ4n) is 4.11. The second-order valence-corrected chi connectivity index (χ2v) is 9.75. The van der Waals surface area contributed by atoms with Crippen molar-refractivity contribution in [2.24, 2.45) is 5.92 Å². The molecule has 1 saturated carbocycles. The lowest BCUT2D eigenvalue weighted by Gasteiger charge is -2.44. The van der Waals surface area contributed by atoms with Crippen LogP contribution < -0.4 is 0 Å². The summed E-state index contributed by atoms with van der Waals surface area (Å²) in [5, 5.41) is 0.0881. The molecule has 0 unspecified atom stereocenters. The van der Waals surface area contributed by atoms with Crippen LogP contribution in [0.15, 0.2) is 23.1 Å². The normalized spacial score (nSPS) is 22.8. The van der Waals surface area contributed by atoms with E-state index in [4.69, 9.17) is 16.3 Å². The van der Waals surface area contributed by atoms with Crippen LogP contribution >= 0.6 is 11.6 Å². The van der Waals surface area contributed by atoms with Crippen molar-refractivity contribution in [2.75, 3.05) is 19.4 Å². The van der Waals surface area contributed by atoms with Crippen LogP contribution in [-0.4, -0.2) is 50.6 Å². The Balaban J connectivity index is 1.66. The molecule has 0 N–H and O–H groups in total. The molecule has 0 bridgehead atoms. The third kappa shape index (κ3) is 4.63. The molecule has 1 aromatic rings. The van der Waals surface area contributed by atoms with E-state index >= 15 is 0 Å². The van der Waals surface area contributed by atoms with E-state index in [0.717, 1.165) is 38.4 Å². The van der Waals surface area contributed by atoms with Gasteiger partial charge in [-0.3, -0.25) is 4.79 Å². The van der Waals surface area contributed by atoms with E-state index < -0.39 is 15.8 Å². The Bertz CT molecular complexity index is 837. The van der Waals surface area contributed by atoms with Crippen molar-refractivity contribution in [2.45, 2.75) is 49.5 Å². The fourth-order valence-corrected chi connectivity index (χ4v) is 4.96. The van der Waals surface area contributed by atoms with Crippen LogP contribution in [0, 0.1) is 5.92 Å². The number of carbonyl (C=O) groups excluding carboxylic acids is 2. The molecule has 1 aliphatic heterocycles. The first-order valence-corrected chi connectivity index (χ1v) is 11.5. The van der Waals surface area contributed by atoms with Crippen molar-refractivity contribution in [3.8, 4) is 0 Å². The second-order valence-electron chi connectivity index (χ2n) is 7.33. The summed E-state index contributed by atoms with van der Waals surface area (Å²) < 4.78 is 28.5. The van der Waals surface area contributed by atoms with Gasteiger partial charge in [0, 0.05) is 18.8 Å². The largest absolute Gasteiger partial charge is 0.452 e. The summed E-state index contributed by atoms with van der Waals surface area (Å²) in [5.74, 6) is -0.445. The van der Waals surface area contributed by atoms with Gasteiger partial charge < -0.3 is 9.64 Å². The molecule has 8 heteroatoms. The minimum atomic E-state index is -3.48. The number of ether oxygens (including phenoxy) is 1. The van der Waals surface area contributed by atoms with Gasteiger partial charge in [0.1, 0.15) is 0 Å². The number of hydrogen-bond donors (Lipinski definition) is 0. The number of benzene rings is 1. The summed E-state index contributed by atoms with van der Waals surface area (Å²) in [5.41, 5.74) is -0.0541. The lowest BCUT2D eigenvalue weighted by molar-refractivity contribution is -0.140. The molecule has 27 heavy (non-hydrogen) atoms. The molecule has 2 fully saturated rings. The Labute approximate surface area is 164 Å². The zero-order valence-electron chi connectivity index (χ0n) is 15.3. The fraction of sp³-hybridized carbons (Fsp3) is 0.579. The molecule has 1 aliphatic carbocycles. The number of fused-ring (bicyclic) bond motifs is 1. The predicted molar refractivity (Wildman–Crippen MR) is 102 cm³/mol. The lowest BCUT2D eigenvalue weighted by Crippen LogP contribution is -2.50. The van der Waals surface area contributed by atoms with Gasteiger partial charge in [-0.25, -0.2) is 13.2 Å². The molecule has 2 atom stereocenters. The summed E-state index contributed by atoms with van der Waals surface area (Å²) in [6.45, 7) is 0.337. The molecule has 148 valence electrons. The van der Waals surface area contributed by atoms with Crippen molar-refractivity contribution in [1.82, 2.24) is 4.90 Å². The average Bonchev–Trinajstić information content (AvgIpc) is 2.64. The topological polar surface area (TPSA) is 80.7 Å². The molecule has 6 nitrogen and oxygen atoms in total. The number of amides is 1. The standard InChI is InChI=1S/C19H24ClNO5S/c1-27(24,25)14-8-9-16(20)15(11-14)19(23)26-12-18(22)21-10-4-6-13-5-2-3-7-17(13)21/h8-9,11,13,17H,2-7,10,12H2,1H3/t13-,17+/m0/s1. The van der Waals surface area contributed by atoms with Crippen molar-refractivity contribution >= 4 is 33.3 Å². The predicted octanol–water partition coefficient (Wildman–Crippen LogP) is 3.08. The molecular weight excluding hydrogens is 390 g/mol. The van der Waals surface area contributed by atoms with Gasteiger partial charge in [-0.15, -0.1) is 0 Å². The van der Waals surface area contributed by atoms with Gasteiger partial charge in [-0.1, -0.05) is 24.4 Å². The van der Waals surface area contributed by atoms with E-state index in [1.54, 1.807) is 0 Å². The van der Waals surface area contributed by atoms with E-state index in [-0.39, 0.29) is 34.0 Å². The van der Waals surface area contributed by atoms with Gasteiger partial charge in [0.05, 0.1) is 15.5 Å². The van der Waals surface area contributed by atoms with Crippen LogP contribution in [0.2, 0.25) is 5.02 Å². The second kappa shape index (κ2) is 8.19. The molecule has 1 heterocycles. The van der Waals surface area contributed by atoms with Crippen molar-refractivity contribution in [3.63, 3.8) is 0 Å². The Morgan fingerprint density at radius 2 is 1.89 bits per heavy atom. The Morgan fingerprint density at radius 1 is 1.19 bits per heavy atom. The molecule has 1 amide bonds. The smallest absolute Gasteiger partial charge is 0.340 e. The average molecular weight is 414 g/mol. The number of sulfone groups is 1. The van der Waals surface area contributed by atoms with E-state index in [1.165, 1.54) is 24.6 Å². The van der Waals surface area contributed by atoms with Gasteiger partial charge in [0.2, 0.25) is 0 Å². The summed E-state index contributed by atoms with van der Waals surface area (Å²) in [6.07, 6.45) is 7.68. The van der Waals surface area contributed by atoms with Crippen LogP contribution in [0.5, 0.6) is 0 Å².